The van der Waals surface area contributed by atoms with Crippen LogP contribution in [0.2, 0.25) is 0 Å². The molecule has 60 heavy (non-hydrogen) atoms. The Morgan fingerprint density at radius 3 is 1.42 bits per heavy atom. The standard InChI is InChI=1S/C30H20N2O3.C21H16N2O2/c1-32-23-17-16-22(31-19-12-6-3-7-13-19)25-26(23)24(20-14-8-9-15-21(20)29(25)34)27(30(32)35)28(33)18-10-4-2-5-11-18;1-22-16-11-12-17(23-13-7-3-2-4-8-13)19-18(16)20(24)14-9-5-6-10-15(14)21(19)25/h2-17,31H,1H3;2-12,22-23H,1H3. The average molecular weight is 785 g/mol. The van der Waals surface area contributed by atoms with Crippen LogP contribution in [-0.2, 0) is 7.05 Å². The fraction of sp³-hybridized carbons (Fsp3) is 0.0392. The molecule has 2 aliphatic carbocycles. The first-order valence-corrected chi connectivity index (χ1v) is 19.4. The van der Waals surface area contributed by atoms with Crippen LogP contribution in [0.15, 0.2) is 169 Å². The number of carbonyl (C=O) groups excluding carboxylic acids is 4. The fourth-order valence-corrected chi connectivity index (χ4v) is 8.11. The molecule has 0 amide bonds. The van der Waals surface area contributed by atoms with Crippen LogP contribution >= 0.6 is 0 Å². The van der Waals surface area contributed by atoms with Crippen LogP contribution in [0, 0.1) is 0 Å². The SMILES string of the molecule is CNc1ccc(Nc2ccccc2)c2c1C(=O)c1ccccc1C2=O.Cn1c(=O)c(C(=O)c2ccccc2)c2c3c(c(Nc4ccccc4)ccc31)C(=O)c1ccccc1-2. The summed E-state index contributed by atoms with van der Waals surface area (Å²) in [7, 11) is 3.39. The topological polar surface area (TPSA) is 126 Å². The Morgan fingerprint density at radius 1 is 0.450 bits per heavy atom. The molecule has 3 N–H and O–H groups in total. The van der Waals surface area contributed by atoms with Gasteiger partial charge in [-0.1, -0.05) is 115 Å². The molecule has 0 spiro atoms. The molecule has 0 saturated heterocycles. The number of hydrogen-bond donors (Lipinski definition) is 3. The van der Waals surface area contributed by atoms with Gasteiger partial charge < -0.3 is 20.5 Å². The van der Waals surface area contributed by atoms with Gasteiger partial charge in [-0.15, -0.1) is 0 Å². The van der Waals surface area contributed by atoms with Crippen molar-refractivity contribution in [2.24, 2.45) is 7.05 Å². The second-order valence-corrected chi connectivity index (χ2v) is 14.4. The highest BCUT2D eigenvalue weighted by atomic mass is 16.2. The third-order valence-electron chi connectivity index (χ3n) is 10.9. The monoisotopic (exact) mass is 784 g/mol. The summed E-state index contributed by atoms with van der Waals surface area (Å²) >= 11 is 0. The molecule has 0 unspecified atom stereocenters. The average Bonchev–Trinajstić information content (AvgIpc) is 3.29. The van der Waals surface area contributed by atoms with Crippen LogP contribution in [0.1, 0.15) is 63.7 Å². The van der Waals surface area contributed by atoms with E-state index >= 15 is 0 Å². The van der Waals surface area contributed by atoms with Crippen molar-refractivity contribution in [3.63, 3.8) is 0 Å². The molecule has 290 valence electrons. The molecule has 0 aliphatic heterocycles. The van der Waals surface area contributed by atoms with Crippen molar-refractivity contribution >= 4 is 62.5 Å². The highest BCUT2D eigenvalue weighted by Gasteiger charge is 2.35. The van der Waals surface area contributed by atoms with Gasteiger partial charge in [0.25, 0.3) is 5.56 Å². The van der Waals surface area contributed by atoms with E-state index < -0.39 is 0 Å². The Bertz CT molecular complexity index is 3120. The molecule has 9 nitrogen and oxygen atoms in total. The van der Waals surface area contributed by atoms with E-state index in [9.17, 15) is 24.0 Å². The molecular weight excluding hydrogens is 749 g/mol. The van der Waals surface area contributed by atoms with Gasteiger partial charge in [-0.05, 0) is 54.1 Å². The maximum atomic E-state index is 13.8. The number of nitrogens with zero attached hydrogens (tertiary/aromatic N) is 1. The van der Waals surface area contributed by atoms with Gasteiger partial charge in [-0.25, -0.2) is 0 Å². The number of hydrogen-bond acceptors (Lipinski definition) is 8. The first kappa shape index (κ1) is 37.4. The van der Waals surface area contributed by atoms with Crippen molar-refractivity contribution in [1.29, 1.82) is 0 Å². The lowest BCUT2D eigenvalue weighted by atomic mass is 9.80. The summed E-state index contributed by atoms with van der Waals surface area (Å²) in [6.45, 7) is 0. The van der Waals surface area contributed by atoms with Crippen LogP contribution in [0.3, 0.4) is 0 Å². The van der Waals surface area contributed by atoms with Crippen molar-refractivity contribution in [2.75, 3.05) is 23.0 Å². The number of aryl methyl sites for hydroxylation is 1. The van der Waals surface area contributed by atoms with Crippen LogP contribution < -0.4 is 21.5 Å². The van der Waals surface area contributed by atoms with E-state index in [2.05, 4.69) is 16.0 Å². The summed E-state index contributed by atoms with van der Waals surface area (Å²) in [4.78, 5) is 67.3. The van der Waals surface area contributed by atoms with Crippen LogP contribution in [0.5, 0.6) is 0 Å². The third kappa shape index (κ3) is 6.25. The molecule has 8 aromatic rings. The number of carbonyl (C=O) groups is 4. The summed E-state index contributed by atoms with van der Waals surface area (Å²) < 4.78 is 1.46. The molecule has 7 aromatic carbocycles. The van der Waals surface area contributed by atoms with E-state index in [0.29, 0.717) is 78.0 Å². The van der Waals surface area contributed by atoms with Gasteiger partial charge in [0.1, 0.15) is 0 Å². The third-order valence-corrected chi connectivity index (χ3v) is 10.9. The quantitative estimate of drug-likeness (QED) is 0.136. The summed E-state index contributed by atoms with van der Waals surface area (Å²) in [6.07, 6.45) is 0. The zero-order valence-electron chi connectivity index (χ0n) is 32.6. The number of para-hydroxylation sites is 2. The van der Waals surface area contributed by atoms with Gasteiger partial charge >= 0.3 is 0 Å². The van der Waals surface area contributed by atoms with Crippen LogP contribution in [-0.4, -0.2) is 34.7 Å². The highest BCUT2D eigenvalue weighted by Crippen LogP contribution is 2.44. The molecule has 10 rings (SSSR count). The molecule has 0 saturated carbocycles. The zero-order valence-corrected chi connectivity index (χ0v) is 32.6. The van der Waals surface area contributed by atoms with E-state index in [1.54, 1.807) is 74.8 Å². The lowest BCUT2D eigenvalue weighted by Crippen LogP contribution is -2.29. The Hall–Kier alpha value is -8.17. The minimum absolute atomic E-state index is 0.0734. The summed E-state index contributed by atoms with van der Waals surface area (Å²) in [5.41, 5.74) is 8.10. The molecule has 0 radical (unpaired) electrons. The predicted octanol–water partition coefficient (Wildman–Crippen LogP) is 9.97. The lowest BCUT2D eigenvalue weighted by Gasteiger charge is -2.25. The van der Waals surface area contributed by atoms with Crippen molar-refractivity contribution in [2.45, 2.75) is 0 Å². The number of pyridine rings is 1. The molecule has 9 heteroatoms. The van der Waals surface area contributed by atoms with Gasteiger partial charge in [0.2, 0.25) is 0 Å². The largest absolute Gasteiger partial charge is 0.388 e. The number of aromatic nitrogens is 1. The van der Waals surface area contributed by atoms with E-state index in [1.807, 2.05) is 103 Å². The van der Waals surface area contributed by atoms with Gasteiger partial charge in [0.15, 0.2) is 23.1 Å². The second kappa shape index (κ2) is 15.3. The smallest absolute Gasteiger partial charge is 0.262 e. The second-order valence-electron chi connectivity index (χ2n) is 14.4. The summed E-state index contributed by atoms with van der Waals surface area (Å²) in [5, 5.41) is 10.3. The number of nitrogens with one attached hydrogen (secondary N) is 3. The maximum Gasteiger partial charge on any atom is 0.262 e. The minimum atomic E-state index is -0.389. The first-order valence-electron chi connectivity index (χ1n) is 19.4. The Balaban J connectivity index is 0.000000163. The molecule has 0 fully saturated rings. The van der Waals surface area contributed by atoms with Gasteiger partial charge in [0, 0.05) is 64.4 Å². The van der Waals surface area contributed by atoms with Crippen molar-refractivity contribution in [1.82, 2.24) is 4.57 Å². The molecule has 1 heterocycles. The fourth-order valence-electron chi connectivity index (χ4n) is 8.11. The number of anilines is 5. The van der Waals surface area contributed by atoms with Gasteiger partial charge in [-0.2, -0.15) is 0 Å². The van der Waals surface area contributed by atoms with Crippen LogP contribution in [0.4, 0.5) is 28.4 Å². The van der Waals surface area contributed by atoms with Gasteiger partial charge in [0.05, 0.1) is 39.1 Å². The Labute approximate surface area is 345 Å². The van der Waals surface area contributed by atoms with E-state index in [4.69, 9.17) is 0 Å². The minimum Gasteiger partial charge on any atom is -0.388 e. The van der Waals surface area contributed by atoms with Crippen molar-refractivity contribution in [3.8, 4) is 11.1 Å². The maximum absolute atomic E-state index is 13.8. The summed E-state index contributed by atoms with van der Waals surface area (Å²) in [6, 6.07) is 49.4. The number of benzene rings is 7. The summed E-state index contributed by atoms with van der Waals surface area (Å²) in [5.74, 6) is -0.777. The van der Waals surface area contributed by atoms with E-state index in [0.717, 1.165) is 11.4 Å². The van der Waals surface area contributed by atoms with Crippen molar-refractivity contribution < 1.29 is 19.2 Å². The zero-order chi connectivity index (χ0) is 41.5. The van der Waals surface area contributed by atoms with E-state index in [1.165, 1.54) is 4.57 Å². The Kier molecular flexibility index (Phi) is 9.54. The number of ketones is 4. The van der Waals surface area contributed by atoms with E-state index in [-0.39, 0.29) is 34.3 Å². The first-order chi connectivity index (χ1) is 29.3. The lowest BCUT2D eigenvalue weighted by molar-refractivity contribution is 0.0980. The number of rotatable bonds is 7. The molecule has 0 atom stereocenters. The Morgan fingerprint density at radius 2 is 0.867 bits per heavy atom. The van der Waals surface area contributed by atoms with Gasteiger partial charge in [-0.3, -0.25) is 24.0 Å². The molecule has 2 aliphatic rings. The van der Waals surface area contributed by atoms with Crippen LogP contribution in [0.25, 0.3) is 22.0 Å². The normalized spacial score (nSPS) is 12.1. The van der Waals surface area contributed by atoms with Crippen molar-refractivity contribution in [3.05, 3.63) is 219 Å². The predicted molar refractivity (Wildman–Crippen MR) is 237 cm³/mol. The molecule has 1 aromatic heterocycles. The number of fused-ring (bicyclic) bond motifs is 4. The molecule has 0 bridgehead atoms. The highest BCUT2D eigenvalue weighted by molar-refractivity contribution is 6.32. The molecular formula is C51H36N4O5.